The van der Waals surface area contributed by atoms with Crippen molar-refractivity contribution in [3.63, 3.8) is 0 Å². The maximum absolute atomic E-state index is 12.8. The molecule has 0 N–H and O–H groups in total. The van der Waals surface area contributed by atoms with Gasteiger partial charge in [0.05, 0.1) is 13.2 Å². The van der Waals surface area contributed by atoms with E-state index in [4.69, 9.17) is 21.1 Å². The van der Waals surface area contributed by atoms with Crippen molar-refractivity contribution >= 4 is 11.6 Å². The monoisotopic (exact) mass is 274 g/mol. The summed E-state index contributed by atoms with van der Waals surface area (Å²) in [5, 5.41) is 0. The number of halogens is 2. The SMILES string of the molecule is COCCOCCCC(CCl)c1ccc(F)cc1. The van der Waals surface area contributed by atoms with E-state index in [1.807, 2.05) is 0 Å². The van der Waals surface area contributed by atoms with Crippen LogP contribution in [0.25, 0.3) is 0 Å². The summed E-state index contributed by atoms with van der Waals surface area (Å²) in [5.74, 6) is 0.595. The van der Waals surface area contributed by atoms with Crippen LogP contribution in [0.15, 0.2) is 24.3 Å². The Hall–Kier alpha value is -0.640. The van der Waals surface area contributed by atoms with E-state index in [-0.39, 0.29) is 11.7 Å². The molecule has 4 heteroatoms. The van der Waals surface area contributed by atoms with Gasteiger partial charge in [0.2, 0.25) is 0 Å². The fraction of sp³-hybridized carbons (Fsp3) is 0.571. The third-order valence-electron chi connectivity index (χ3n) is 2.80. The maximum Gasteiger partial charge on any atom is 0.123 e. The Labute approximate surface area is 113 Å². The first-order valence-corrected chi connectivity index (χ1v) is 6.69. The van der Waals surface area contributed by atoms with Gasteiger partial charge in [-0.05, 0) is 36.5 Å². The molecule has 0 fully saturated rings. The van der Waals surface area contributed by atoms with Gasteiger partial charge in [0, 0.05) is 19.6 Å². The molecule has 2 nitrogen and oxygen atoms in total. The zero-order valence-corrected chi connectivity index (χ0v) is 11.5. The predicted molar refractivity (Wildman–Crippen MR) is 71.8 cm³/mol. The average molecular weight is 275 g/mol. The predicted octanol–water partition coefficient (Wildman–Crippen LogP) is 3.59. The highest BCUT2D eigenvalue weighted by Gasteiger charge is 2.10. The number of benzene rings is 1. The Balaban J connectivity index is 2.27. The van der Waals surface area contributed by atoms with Crippen LogP contribution in [0.5, 0.6) is 0 Å². The summed E-state index contributed by atoms with van der Waals surface area (Å²) in [6.45, 7) is 1.95. The van der Waals surface area contributed by atoms with Crippen molar-refractivity contribution < 1.29 is 13.9 Å². The van der Waals surface area contributed by atoms with Gasteiger partial charge < -0.3 is 9.47 Å². The van der Waals surface area contributed by atoms with E-state index >= 15 is 0 Å². The first kappa shape index (κ1) is 15.4. The van der Waals surface area contributed by atoms with Crippen LogP contribution in [0.2, 0.25) is 0 Å². The standard InChI is InChI=1S/C14H20ClFO2/c1-17-9-10-18-8-2-3-13(11-15)12-4-6-14(16)7-5-12/h4-7,13H,2-3,8-11H2,1H3. The third-order valence-corrected chi connectivity index (χ3v) is 3.17. The number of methoxy groups -OCH3 is 1. The summed E-state index contributed by atoms with van der Waals surface area (Å²) >= 11 is 5.95. The van der Waals surface area contributed by atoms with Crippen LogP contribution in [0.3, 0.4) is 0 Å². The lowest BCUT2D eigenvalue weighted by Crippen LogP contribution is -2.06. The zero-order valence-electron chi connectivity index (χ0n) is 10.7. The summed E-state index contributed by atoms with van der Waals surface area (Å²) in [4.78, 5) is 0. The average Bonchev–Trinajstić information content (AvgIpc) is 2.39. The van der Waals surface area contributed by atoms with Gasteiger partial charge in [0.15, 0.2) is 0 Å². The summed E-state index contributed by atoms with van der Waals surface area (Å²) in [6, 6.07) is 6.55. The molecule has 0 aliphatic carbocycles. The number of hydrogen-bond donors (Lipinski definition) is 0. The topological polar surface area (TPSA) is 18.5 Å². The molecule has 0 saturated carbocycles. The molecule has 0 spiro atoms. The van der Waals surface area contributed by atoms with E-state index in [1.54, 1.807) is 19.2 Å². The number of ether oxygens (including phenoxy) is 2. The minimum atomic E-state index is -0.213. The second kappa shape index (κ2) is 9.31. The summed E-state index contributed by atoms with van der Waals surface area (Å²) in [6.07, 6.45) is 1.89. The van der Waals surface area contributed by atoms with Gasteiger partial charge >= 0.3 is 0 Å². The molecule has 0 aliphatic heterocycles. The number of rotatable bonds is 9. The minimum Gasteiger partial charge on any atom is -0.382 e. The molecule has 1 aromatic carbocycles. The lowest BCUT2D eigenvalue weighted by atomic mass is 9.96. The molecule has 0 saturated heterocycles. The van der Waals surface area contributed by atoms with Crippen molar-refractivity contribution in [3.8, 4) is 0 Å². The highest BCUT2D eigenvalue weighted by molar-refractivity contribution is 6.18. The maximum atomic E-state index is 12.8. The molecular formula is C14H20ClFO2. The van der Waals surface area contributed by atoms with Crippen molar-refractivity contribution in [2.45, 2.75) is 18.8 Å². The first-order chi connectivity index (χ1) is 8.77. The van der Waals surface area contributed by atoms with E-state index in [9.17, 15) is 4.39 Å². The second-order valence-electron chi connectivity index (χ2n) is 4.15. The van der Waals surface area contributed by atoms with Crippen LogP contribution in [-0.2, 0) is 9.47 Å². The quantitative estimate of drug-likeness (QED) is 0.506. The second-order valence-corrected chi connectivity index (χ2v) is 4.46. The molecule has 0 heterocycles. The Morgan fingerprint density at radius 2 is 1.89 bits per heavy atom. The molecule has 1 rings (SSSR count). The summed E-state index contributed by atoms with van der Waals surface area (Å²) in [7, 11) is 1.65. The number of hydrogen-bond acceptors (Lipinski definition) is 2. The van der Waals surface area contributed by atoms with Gasteiger partial charge in [0.25, 0.3) is 0 Å². The third kappa shape index (κ3) is 5.80. The van der Waals surface area contributed by atoms with Crippen molar-refractivity contribution in [1.82, 2.24) is 0 Å². The lowest BCUT2D eigenvalue weighted by molar-refractivity contribution is 0.0683. The molecule has 102 valence electrons. The van der Waals surface area contributed by atoms with Crippen molar-refractivity contribution in [1.29, 1.82) is 0 Å². The van der Waals surface area contributed by atoms with Crippen LogP contribution in [0.1, 0.15) is 24.3 Å². The Kier molecular flexibility index (Phi) is 7.98. The van der Waals surface area contributed by atoms with E-state index < -0.39 is 0 Å². The van der Waals surface area contributed by atoms with E-state index in [0.717, 1.165) is 18.4 Å². The normalized spacial score (nSPS) is 12.6. The Morgan fingerprint density at radius 3 is 2.50 bits per heavy atom. The Morgan fingerprint density at radius 1 is 1.17 bits per heavy atom. The summed E-state index contributed by atoms with van der Waals surface area (Å²) < 4.78 is 23.1. The lowest BCUT2D eigenvalue weighted by Gasteiger charge is -2.14. The van der Waals surface area contributed by atoms with E-state index in [0.29, 0.717) is 25.7 Å². The number of alkyl halides is 1. The zero-order chi connectivity index (χ0) is 13.2. The minimum absolute atomic E-state index is 0.213. The van der Waals surface area contributed by atoms with Crippen molar-refractivity contribution in [3.05, 3.63) is 35.6 Å². The molecule has 1 atom stereocenters. The van der Waals surface area contributed by atoms with Gasteiger partial charge in [-0.25, -0.2) is 4.39 Å². The Bertz CT molecular complexity index is 316. The fourth-order valence-electron chi connectivity index (χ4n) is 1.74. The van der Waals surface area contributed by atoms with Gasteiger partial charge in [-0.3, -0.25) is 0 Å². The highest BCUT2D eigenvalue weighted by atomic mass is 35.5. The molecule has 0 amide bonds. The fourth-order valence-corrected chi connectivity index (χ4v) is 2.08. The smallest absolute Gasteiger partial charge is 0.123 e. The van der Waals surface area contributed by atoms with Crippen LogP contribution in [0, 0.1) is 5.82 Å². The molecule has 1 unspecified atom stereocenters. The molecule has 0 radical (unpaired) electrons. The molecular weight excluding hydrogens is 255 g/mol. The molecule has 1 aromatic rings. The van der Waals surface area contributed by atoms with E-state index in [2.05, 4.69) is 0 Å². The first-order valence-electron chi connectivity index (χ1n) is 6.16. The van der Waals surface area contributed by atoms with Crippen LogP contribution < -0.4 is 0 Å². The molecule has 18 heavy (non-hydrogen) atoms. The highest BCUT2D eigenvalue weighted by Crippen LogP contribution is 2.23. The molecule has 0 aliphatic rings. The van der Waals surface area contributed by atoms with Crippen LogP contribution in [0.4, 0.5) is 4.39 Å². The summed E-state index contributed by atoms with van der Waals surface area (Å²) in [5.41, 5.74) is 1.09. The molecule has 0 aromatic heterocycles. The van der Waals surface area contributed by atoms with Crippen LogP contribution in [-0.4, -0.2) is 32.8 Å². The van der Waals surface area contributed by atoms with E-state index in [1.165, 1.54) is 12.1 Å². The molecule has 0 bridgehead atoms. The van der Waals surface area contributed by atoms with Crippen molar-refractivity contribution in [2.75, 3.05) is 32.8 Å². The van der Waals surface area contributed by atoms with Gasteiger partial charge in [-0.1, -0.05) is 12.1 Å². The van der Waals surface area contributed by atoms with Gasteiger partial charge in [0.1, 0.15) is 5.82 Å². The van der Waals surface area contributed by atoms with Crippen LogP contribution >= 0.6 is 11.6 Å². The largest absolute Gasteiger partial charge is 0.382 e. The van der Waals surface area contributed by atoms with Crippen molar-refractivity contribution in [2.24, 2.45) is 0 Å². The van der Waals surface area contributed by atoms with Gasteiger partial charge in [-0.15, -0.1) is 11.6 Å². The van der Waals surface area contributed by atoms with Gasteiger partial charge in [-0.2, -0.15) is 0 Å².